The van der Waals surface area contributed by atoms with Crippen molar-refractivity contribution in [3.8, 4) is 0 Å². The van der Waals surface area contributed by atoms with Gasteiger partial charge in [0, 0.05) is 6.04 Å². The first kappa shape index (κ1) is 12.3. The molecule has 0 saturated carbocycles. The van der Waals surface area contributed by atoms with Crippen LogP contribution in [0.1, 0.15) is 27.2 Å². The Hall–Kier alpha value is -1.14. The van der Waals surface area contributed by atoms with Gasteiger partial charge in [-0.3, -0.25) is 5.43 Å². The van der Waals surface area contributed by atoms with Crippen LogP contribution in [0.15, 0.2) is 4.99 Å². The van der Waals surface area contributed by atoms with E-state index < -0.39 is 12.1 Å². The van der Waals surface area contributed by atoms with Gasteiger partial charge >= 0.3 is 5.97 Å². The minimum absolute atomic E-state index is 0.186. The number of aliphatic hydroxyl groups excluding tert-OH is 1. The maximum absolute atomic E-state index is 11.5. The van der Waals surface area contributed by atoms with Crippen molar-refractivity contribution in [1.82, 2.24) is 10.4 Å². The lowest BCUT2D eigenvalue weighted by Crippen LogP contribution is -2.47. The van der Waals surface area contributed by atoms with Gasteiger partial charge in [0.2, 0.25) is 5.84 Å². The summed E-state index contributed by atoms with van der Waals surface area (Å²) < 4.78 is 4.88. The van der Waals surface area contributed by atoms with Crippen molar-refractivity contribution in [2.75, 3.05) is 6.61 Å². The van der Waals surface area contributed by atoms with Crippen molar-refractivity contribution >= 4 is 11.8 Å². The Balaban J connectivity index is 2.09. The number of hydrogen-bond donors (Lipinski definition) is 2. The van der Waals surface area contributed by atoms with Crippen LogP contribution in [-0.4, -0.2) is 46.8 Å². The molecule has 17 heavy (non-hydrogen) atoms. The number of esters is 1. The summed E-state index contributed by atoms with van der Waals surface area (Å²) in [6, 6.07) is 0.186. The van der Waals surface area contributed by atoms with Crippen molar-refractivity contribution in [3.63, 3.8) is 0 Å². The Labute approximate surface area is 101 Å². The van der Waals surface area contributed by atoms with Gasteiger partial charge in [-0.05, 0) is 19.3 Å². The molecular formula is C11H19N3O3. The summed E-state index contributed by atoms with van der Waals surface area (Å²) in [6.07, 6.45) is -0.210. The molecule has 0 aromatic heterocycles. The maximum atomic E-state index is 11.5. The largest absolute Gasteiger partial charge is 0.460 e. The molecule has 1 fully saturated rings. The first-order chi connectivity index (χ1) is 8.04. The molecule has 2 aliphatic heterocycles. The molecule has 0 aromatic rings. The molecule has 96 valence electrons. The minimum atomic E-state index is -0.526. The van der Waals surface area contributed by atoms with Crippen molar-refractivity contribution < 1.29 is 14.6 Å². The molecule has 2 aliphatic rings. The summed E-state index contributed by atoms with van der Waals surface area (Å²) in [7, 11) is 0. The quantitative estimate of drug-likeness (QED) is 0.674. The highest BCUT2D eigenvalue weighted by Crippen LogP contribution is 2.30. The number of carbonyl (C=O) groups is 1. The Morgan fingerprint density at radius 3 is 3.00 bits per heavy atom. The topological polar surface area (TPSA) is 74.2 Å². The standard InChI is InChI=1S/C11H19N3O3/c1-4-17-11(16)9-12-10-8(15)5-7(6(2)3)14(10)13-9/h6-8,10,15H,4-5H2,1-3H3,(H,12,13). The van der Waals surface area contributed by atoms with E-state index in [1.165, 1.54) is 0 Å². The van der Waals surface area contributed by atoms with Crippen LogP contribution in [0.25, 0.3) is 0 Å². The van der Waals surface area contributed by atoms with Gasteiger partial charge in [-0.15, -0.1) is 0 Å². The van der Waals surface area contributed by atoms with E-state index in [1.54, 1.807) is 6.92 Å². The fourth-order valence-electron chi connectivity index (χ4n) is 2.34. The molecule has 1 saturated heterocycles. The molecule has 2 heterocycles. The molecule has 0 amide bonds. The molecule has 0 radical (unpaired) electrons. The SMILES string of the molecule is CCOC(=O)C1=NC2C(O)CC(C(C)C)N2N1. The third-order valence-corrected chi connectivity index (χ3v) is 3.20. The Bertz CT molecular complexity index is 343. The molecule has 0 aromatic carbocycles. The number of nitrogens with zero attached hydrogens (tertiary/aromatic N) is 2. The van der Waals surface area contributed by atoms with Crippen LogP contribution in [0.2, 0.25) is 0 Å². The minimum Gasteiger partial charge on any atom is -0.460 e. The number of rotatable bonds is 3. The zero-order valence-corrected chi connectivity index (χ0v) is 10.4. The summed E-state index contributed by atoms with van der Waals surface area (Å²) in [5.74, 6) is 0.122. The Kier molecular flexibility index (Phi) is 3.35. The Morgan fingerprint density at radius 1 is 1.71 bits per heavy atom. The van der Waals surface area contributed by atoms with Gasteiger partial charge < -0.3 is 9.84 Å². The van der Waals surface area contributed by atoms with Gasteiger partial charge in [-0.2, -0.15) is 5.01 Å². The molecule has 3 atom stereocenters. The third-order valence-electron chi connectivity index (χ3n) is 3.20. The normalized spacial score (nSPS) is 32.3. The number of fused-ring (bicyclic) bond motifs is 1. The number of nitrogens with one attached hydrogen (secondary N) is 1. The predicted octanol–water partition coefficient (Wildman–Crippen LogP) is -0.116. The van der Waals surface area contributed by atoms with Gasteiger partial charge in [0.25, 0.3) is 0 Å². The van der Waals surface area contributed by atoms with Crippen LogP contribution in [0.3, 0.4) is 0 Å². The summed E-state index contributed by atoms with van der Waals surface area (Å²) in [5, 5.41) is 11.8. The van der Waals surface area contributed by atoms with Crippen molar-refractivity contribution in [3.05, 3.63) is 0 Å². The van der Waals surface area contributed by atoms with E-state index in [-0.39, 0.29) is 18.0 Å². The van der Waals surface area contributed by atoms with Gasteiger partial charge in [-0.25, -0.2) is 9.79 Å². The molecule has 2 N–H and O–H groups in total. The average molecular weight is 241 g/mol. The number of aliphatic imine (C=N–C) groups is 1. The zero-order chi connectivity index (χ0) is 12.6. The monoisotopic (exact) mass is 241 g/mol. The maximum Gasteiger partial charge on any atom is 0.375 e. The molecule has 0 aliphatic carbocycles. The van der Waals surface area contributed by atoms with Crippen LogP contribution in [0, 0.1) is 5.92 Å². The summed E-state index contributed by atoms with van der Waals surface area (Å²) in [6.45, 7) is 6.24. The highest BCUT2D eigenvalue weighted by Gasteiger charge is 2.46. The lowest BCUT2D eigenvalue weighted by molar-refractivity contribution is -0.135. The molecular weight excluding hydrogens is 222 g/mol. The van der Waals surface area contributed by atoms with Crippen LogP contribution in [0.4, 0.5) is 0 Å². The first-order valence-corrected chi connectivity index (χ1v) is 6.02. The fraction of sp³-hybridized carbons (Fsp3) is 0.818. The summed E-state index contributed by atoms with van der Waals surface area (Å²) >= 11 is 0. The van der Waals surface area contributed by atoms with Crippen LogP contribution < -0.4 is 5.43 Å². The fourth-order valence-corrected chi connectivity index (χ4v) is 2.34. The van der Waals surface area contributed by atoms with E-state index in [2.05, 4.69) is 24.3 Å². The van der Waals surface area contributed by atoms with E-state index in [0.29, 0.717) is 18.9 Å². The van der Waals surface area contributed by atoms with Crippen LogP contribution in [0.5, 0.6) is 0 Å². The van der Waals surface area contributed by atoms with E-state index in [1.807, 2.05) is 5.01 Å². The number of hydrazine groups is 1. The number of amidine groups is 1. The predicted molar refractivity (Wildman–Crippen MR) is 62.1 cm³/mol. The molecule has 0 spiro atoms. The van der Waals surface area contributed by atoms with Crippen LogP contribution in [-0.2, 0) is 9.53 Å². The lowest BCUT2D eigenvalue weighted by atomic mass is 10.0. The van der Waals surface area contributed by atoms with Crippen molar-refractivity contribution in [2.45, 2.75) is 45.5 Å². The molecule has 6 heteroatoms. The smallest absolute Gasteiger partial charge is 0.375 e. The van der Waals surface area contributed by atoms with Gasteiger partial charge in [0.15, 0.2) is 0 Å². The van der Waals surface area contributed by atoms with E-state index in [4.69, 9.17) is 4.74 Å². The highest BCUT2D eigenvalue weighted by molar-refractivity contribution is 6.35. The van der Waals surface area contributed by atoms with E-state index in [9.17, 15) is 9.90 Å². The number of carbonyl (C=O) groups excluding carboxylic acids is 1. The van der Waals surface area contributed by atoms with E-state index in [0.717, 1.165) is 0 Å². The van der Waals surface area contributed by atoms with Crippen molar-refractivity contribution in [2.24, 2.45) is 10.9 Å². The first-order valence-electron chi connectivity index (χ1n) is 6.02. The highest BCUT2D eigenvalue weighted by atomic mass is 16.5. The van der Waals surface area contributed by atoms with Gasteiger partial charge in [-0.1, -0.05) is 13.8 Å². The van der Waals surface area contributed by atoms with E-state index >= 15 is 0 Å². The molecule has 0 bridgehead atoms. The summed E-state index contributed by atoms with van der Waals surface area (Å²) in [5.41, 5.74) is 2.95. The second-order valence-corrected chi connectivity index (χ2v) is 4.75. The number of ether oxygens (including phenoxy) is 1. The molecule has 2 rings (SSSR count). The van der Waals surface area contributed by atoms with Gasteiger partial charge in [0.1, 0.15) is 6.17 Å². The molecule has 3 unspecified atom stereocenters. The number of hydrogen-bond acceptors (Lipinski definition) is 6. The third kappa shape index (κ3) is 2.14. The second-order valence-electron chi connectivity index (χ2n) is 4.75. The van der Waals surface area contributed by atoms with Crippen molar-refractivity contribution in [1.29, 1.82) is 0 Å². The Morgan fingerprint density at radius 2 is 2.41 bits per heavy atom. The molecule has 6 nitrogen and oxygen atoms in total. The van der Waals surface area contributed by atoms with Crippen LogP contribution >= 0.6 is 0 Å². The second kappa shape index (κ2) is 4.62. The summed E-state index contributed by atoms with van der Waals surface area (Å²) in [4.78, 5) is 15.7. The van der Waals surface area contributed by atoms with Gasteiger partial charge in [0.05, 0.1) is 12.7 Å². The number of aliphatic hydroxyl groups is 1. The zero-order valence-electron chi connectivity index (χ0n) is 10.4. The lowest BCUT2D eigenvalue weighted by Gasteiger charge is -2.25. The average Bonchev–Trinajstić information content (AvgIpc) is 2.80.